The quantitative estimate of drug-likeness (QED) is 0.0770. The molecule has 6 unspecified atom stereocenters. The minimum atomic E-state index is -0.167. The SMILES string of the molecule is CC(C)CCCC(C)CCCC(C)CCCC(C)CCOc1ccc(C(N)c2ccc(OCCC(C)CCCC(C)CCCC(C)CCCC(C)C)cc2)cc1. The van der Waals surface area contributed by atoms with E-state index >= 15 is 0 Å². The smallest absolute Gasteiger partial charge is 0.119 e. The summed E-state index contributed by atoms with van der Waals surface area (Å²) in [5.74, 6) is 8.43. The lowest BCUT2D eigenvalue weighted by Crippen LogP contribution is -2.12. The van der Waals surface area contributed by atoms with Gasteiger partial charge < -0.3 is 15.2 Å². The van der Waals surface area contributed by atoms with Gasteiger partial charge in [-0.05, 0) is 95.6 Å². The standard InChI is InChI=1S/C53H93NO2/c1-41(2)17-11-19-43(5)21-13-23-45(7)25-15-27-47(9)37-39-55-51-33-29-49(30-34-51)53(54)50-31-35-52(36-32-50)56-40-38-48(10)28-16-26-46(8)24-14-22-44(6)20-12-18-42(3)4/h29-36,41-48,53H,11-28,37-40,54H2,1-10H3. The summed E-state index contributed by atoms with van der Waals surface area (Å²) in [6, 6.07) is 16.6. The highest BCUT2D eigenvalue weighted by molar-refractivity contribution is 5.37. The lowest BCUT2D eigenvalue weighted by molar-refractivity contribution is 0.274. The van der Waals surface area contributed by atoms with Gasteiger partial charge in [0.2, 0.25) is 0 Å². The fourth-order valence-corrected chi connectivity index (χ4v) is 8.37. The number of rotatable bonds is 34. The molecule has 3 heteroatoms. The van der Waals surface area contributed by atoms with E-state index in [4.69, 9.17) is 15.2 Å². The summed E-state index contributed by atoms with van der Waals surface area (Å²) in [7, 11) is 0. The van der Waals surface area contributed by atoms with Gasteiger partial charge in [0.1, 0.15) is 11.5 Å². The van der Waals surface area contributed by atoms with Crippen LogP contribution in [0.2, 0.25) is 0 Å². The molecule has 6 atom stereocenters. The van der Waals surface area contributed by atoms with Crippen molar-refractivity contribution in [3.8, 4) is 11.5 Å². The summed E-state index contributed by atoms with van der Waals surface area (Å²) >= 11 is 0. The van der Waals surface area contributed by atoms with Gasteiger partial charge in [0, 0.05) is 0 Å². The van der Waals surface area contributed by atoms with Gasteiger partial charge in [-0.2, -0.15) is 0 Å². The van der Waals surface area contributed by atoms with Crippen molar-refractivity contribution in [2.24, 2.45) is 53.1 Å². The minimum Gasteiger partial charge on any atom is -0.494 e. The zero-order valence-corrected chi connectivity index (χ0v) is 38.8. The molecule has 0 aliphatic rings. The predicted molar refractivity (Wildman–Crippen MR) is 247 cm³/mol. The average Bonchev–Trinajstić information content (AvgIpc) is 3.15. The zero-order chi connectivity index (χ0) is 41.1. The third-order valence-electron chi connectivity index (χ3n) is 12.8. The largest absolute Gasteiger partial charge is 0.494 e. The Bertz CT molecular complexity index is 1100. The van der Waals surface area contributed by atoms with Crippen LogP contribution in [0.25, 0.3) is 0 Å². The maximum atomic E-state index is 6.68. The molecule has 2 N–H and O–H groups in total. The van der Waals surface area contributed by atoms with Crippen molar-refractivity contribution < 1.29 is 9.47 Å². The van der Waals surface area contributed by atoms with Crippen LogP contribution in [0.4, 0.5) is 0 Å². The van der Waals surface area contributed by atoms with Crippen LogP contribution in [-0.2, 0) is 0 Å². The normalized spacial score (nSPS) is 15.7. The van der Waals surface area contributed by atoms with E-state index in [1.54, 1.807) is 0 Å². The Hall–Kier alpha value is -2.00. The van der Waals surface area contributed by atoms with E-state index in [1.165, 1.54) is 116 Å². The Morgan fingerprint density at radius 1 is 0.339 bits per heavy atom. The molecular formula is C53H93NO2. The molecule has 0 aliphatic heterocycles. The third kappa shape index (κ3) is 24.7. The molecule has 0 saturated carbocycles. The van der Waals surface area contributed by atoms with Gasteiger partial charge in [0.05, 0.1) is 19.3 Å². The summed E-state index contributed by atoms with van der Waals surface area (Å²) < 4.78 is 12.3. The van der Waals surface area contributed by atoms with E-state index in [0.29, 0.717) is 11.8 Å². The van der Waals surface area contributed by atoms with Gasteiger partial charge in [-0.3, -0.25) is 0 Å². The molecular weight excluding hydrogens is 683 g/mol. The second-order valence-electron chi connectivity index (χ2n) is 19.9. The van der Waals surface area contributed by atoms with Crippen LogP contribution in [0.1, 0.15) is 215 Å². The Balaban J connectivity index is 1.55. The van der Waals surface area contributed by atoms with E-state index in [9.17, 15) is 0 Å². The van der Waals surface area contributed by atoms with Crippen molar-refractivity contribution in [1.29, 1.82) is 0 Å². The van der Waals surface area contributed by atoms with E-state index in [2.05, 4.69) is 118 Å². The van der Waals surface area contributed by atoms with Crippen LogP contribution in [0, 0.1) is 47.3 Å². The van der Waals surface area contributed by atoms with Crippen molar-refractivity contribution in [3.05, 3.63) is 59.7 Å². The summed E-state index contributed by atoms with van der Waals surface area (Å²) in [5.41, 5.74) is 8.88. The van der Waals surface area contributed by atoms with Crippen LogP contribution < -0.4 is 15.2 Å². The lowest BCUT2D eigenvalue weighted by atomic mass is 9.91. The van der Waals surface area contributed by atoms with Crippen molar-refractivity contribution >= 4 is 0 Å². The highest BCUT2D eigenvalue weighted by Gasteiger charge is 2.13. The van der Waals surface area contributed by atoms with Gasteiger partial charge >= 0.3 is 0 Å². The molecule has 0 fully saturated rings. The van der Waals surface area contributed by atoms with Crippen LogP contribution in [-0.4, -0.2) is 13.2 Å². The molecule has 2 aromatic rings. The highest BCUT2D eigenvalue weighted by Crippen LogP contribution is 2.27. The second kappa shape index (κ2) is 30.1. The summed E-state index contributed by atoms with van der Waals surface area (Å²) in [5, 5.41) is 0. The molecule has 0 heterocycles. The van der Waals surface area contributed by atoms with Crippen molar-refractivity contribution in [1.82, 2.24) is 0 Å². The lowest BCUT2D eigenvalue weighted by Gasteiger charge is -2.17. The first-order chi connectivity index (χ1) is 26.8. The number of benzene rings is 2. The number of nitrogens with two attached hydrogens (primary N) is 1. The van der Waals surface area contributed by atoms with E-state index in [-0.39, 0.29) is 6.04 Å². The van der Waals surface area contributed by atoms with E-state index in [1.807, 2.05) is 0 Å². The average molecular weight is 776 g/mol. The molecule has 0 saturated heterocycles. The Kier molecular flexibility index (Phi) is 27.0. The summed E-state index contributed by atoms with van der Waals surface area (Å²) in [6.07, 6.45) is 27.0. The number of ether oxygens (including phenoxy) is 2. The number of hydrogen-bond acceptors (Lipinski definition) is 3. The van der Waals surface area contributed by atoms with Gasteiger partial charge in [0.25, 0.3) is 0 Å². The minimum absolute atomic E-state index is 0.167. The maximum absolute atomic E-state index is 6.68. The van der Waals surface area contributed by atoms with Crippen molar-refractivity contribution in [2.45, 2.75) is 204 Å². The maximum Gasteiger partial charge on any atom is 0.119 e. The fraction of sp³-hybridized carbons (Fsp3) is 0.774. The van der Waals surface area contributed by atoms with Crippen LogP contribution in [0.5, 0.6) is 11.5 Å². The third-order valence-corrected chi connectivity index (χ3v) is 12.8. The summed E-state index contributed by atoms with van der Waals surface area (Å²) in [4.78, 5) is 0. The Morgan fingerprint density at radius 3 is 0.821 bits per heavy atom. The molecule has 0 amide bonds. The van der Waals surface area contributed by atoms with Gasteiger partial charge in [0.15, 0.2) is 0 Å². The van der Waals surface area contributed by atoms with E-state index in [0.717, 1.165) is 84.2 Å². The Morgan fingerprint density at radius 2 is 0.571 bits per heavy atom. The van der Waals surface area contributed by atoms with Gasteiger partial charge in [-0.15, -0.1) is 0 Å². The molecule has 0 aromatic heterocycles. The molecule has 2 aromatic carbocycles. The first-order valence-corrected chi connectivity index (χ1v) is 24.0. The van der Waals surface area contributed by atoms with Crippen LogP contribution in [0.15, 0.2) is 48.5 Å². The van der Waals surface area contributed by atoms with Crippen molar-refractivity contribution in [2.75, 3.05) is 13.2 Å². The molecule has 322 valence electrons. The summed E-state index contributed by atoms with van der Waals surface area (Å²) in [6.45, 7) is 25.5. The molecule has 3 nitrogen and oxygen atoms in total. The highest BCUT2D eigenvalue weighted by atomic mass is 16.5. The van der Waals surface area contributed by atoms with Crippen LogP contribution >= 0.6 is 0 Å². The second-order valence-corrected chi connectivity index (χ2v) is 19.9. The zero-order valence-electron chi connectivity index (χ0n) is 38.8. The first kappa shape index (κ1) is 50.1. The fourth-order valence-electron chi connectivity index (χ4n) is 8.37. The molecule has 0 bridgehead atoms. The van der Waals surface area contributed by atoms with Crippen LogP contribution in [0.3, 0.4) is 0 Å². The monoisotopic (exact) mass is 776 g/mol. The molecule has 0 radical (unpaired) electrons. The molecule has 56 heavy (non-hydrogen) atoms. The number of hydrogen-bond donors (Lipinski definition) is 1. The van der Waals surface area contributed by atoms with Crippen molar-refractivity contribution in [3.63, 3.8) is 0 Å². The van der Waals surface area contributed by atoms with E-state index < -0.39 is 0 Å². The first-order valence-electron chi connectivity index (χ1n) is 24.0. The van der Waals surface area contributed by atoms with Gasteiger partial charge in [-0.1, -0.05) is 209 Å². The topological polar surface area (TPSA) is 44.5 Å². The molecule has 0 aliphatic carbocycles. The molecule has 2 rings (SSSR count). The Labute approximate surface area is 349 Å². The molecule has 0 spiro atoms. The van der Waals surface area contributed by atoms with Gasteiger partial charge in [-0.25, -0.2) is 0 Å². The predicted octanol–water partition coefficient (Wildman–Crippen LogP) is 16.4.